The van der Waals surface area contributed by atoms with E-state index in [1.165, 1.54) is 18.2 Å². The Morgan fingerprint density at radius 3 is 2.63 bits per heavy atom. The lowest BCUT2D eigenvalue weighted by Gasteiger charge is -2.10. The Hall–Kier alpha value is -2.41. The van der Waals surface area contributed by atoms with Crippen LogP contribution in [-0.2, 0) is 6.54 Å². The van der Waals surface area contributed by atoms with Crippen molar-refractivity contribution in [3.05, 3.63) is 64.7 Å². The number of rotatable bonds is 3. The molecule has 0 amide bonds. The summed E-state index contributed by atoms with van der Waals surface area (Å²) in [5, 5.41) is 11.6. The van der Waals surface area contributed by atoms with Gasteiger partial charge in [-0.3, -0.25) is 0 Å². The van der Waals surface area contributed by atoms with E-state index in [1.807, 2.05) is 13.0 Å². The van der Waals surface area contributed by atoms with Crippen LogP contribution in [-0.4, -0.2) is 0 Å². The average Bonchev–Trinajstić information content (AvgIpc) is 2.40. The minimum atomic E-state index is -0.444. The van der Waals surface area contributed by atoms with Crippen LogP contribution in [0, 0.1) is 29.9 Å². The molecular formula is C15H12F2N2. The summed E-state index contributed by atoms with van der Waals surface area (Å²) in [5.74, 6) is -0.783. The number of nitriles is 1. The molecule has 19 heavy (non-hydrogen) atoms. The van der Waals surface area contributed by atoms with Crippen LogP contribution in [0.5, 0.6) is 0 Å². The van der Waals surface area contributed by atoms with Crippen LogP contribution >= 0.6 is 0 Å². The van der Waals surface area contributed by atoms with Crippen molar-refractivity contribution in [3.8, 4) is 6.07 Å². The van der Waals surface area contributed by atoms with Crippen molar-refractivity contribution >= 4 is 5.69 Å². The van der Waals surface area contributed by atoms with Crippen LogP contribution < -0.4 is 5.32 Å². The van der Waals surface area contributed by atoms with E-state index in [1.54, 1.807) is 18.2 Å². The monoisotopic (exact) mass is 258 g/mol. The molecule has 96 valence electrons. The summed E-state index contributed by atoms with van der Waals surface area (Å²) >= 11 is 0. The SMILES string of the molecule is Cc1ccc(F)cc1NCc1ccc(C#N)cc1F. The van der Waals surface area contributed by atoms with E-state index in [0.29, 0.717) is 11.3 Å². The highest BCUT2D eigenvalue weighted by Gasteiger charge is 2.05. The zero-order valence-corrected chi connectivity index (χ0v) is 10.4. The quantitative estimate of drug-likeness (QED) is 0.909. The van der Waals surface area contributed by atoms with Crippen molar-refractivity contribution in [1.82, 2.24) is 0 Å². The van der Waals surface area contributed by atoms with Crippen molar-refractivity contribution < 1.29 is 8.78 Å². The lowest BCUT2D eigenvalue weighted by atomic mass is 10.1. The molecule has 0 atom stereocenters. The van der Waals surface area contributed by atoms with Gasteiger partial charge in [0.05, 0.1) is 11.6 Å². The van der Waals surface area contributed by atoms with Gasteiger partial charge in [-0.1, -0.05) is 12.1 Å². The lowest BCUT2D eigenvalue weighted by Crippen LogP contribution is -2.03. The molecule has 0 aliphatic heterocycles. The van der Waals surface area contributed by atoms with Gasteiger partial charge >= 0.3 is 0 Å². The van der Waals surface area contributed by atoms with Crippen LogP contribution in [0.3, 0.4) is 0 Å². The van der Waals surface area contributed by atoms with Crippen LogP contribution in [0.15, 0.2) is 36.4 Å². The molecule has 0 saturated carbocycles. The summed E-state index contributed by atoms with van der Waals surface area (Å²) in [5.41, 5.74) is 2.23. The van der Waals surface area contributed by atoms with E-state index < -0.39 is 5.82 Å². The van der Waals surface area contributed by atoms with Crippen molar-refractivity contribution in [3.63, 3.8) is 0 Å². The maximum atomic E-state index is 13.7. The second-order valence-corrected chi connectivity index (χ2v) is 4.23. The Bertz CT molecular complexity index is 645. The molecule has 0 radical (unpaired) electrons. The van der Waals surface area contributed by atoms with Gasteiger partial charge in [0.2, 0.25) is 0 Å². The number of halogens is 2. The van der Waals surface area contributed by atoms with Crippen molar-refractivity contribution in [2.75, 3.05) is 5.32 Å². The van der Waals surface area contributed by atoms with E-state index in [9.17, 15) is 8.78 Å². The third-order valence-electron chi connectivity index (χ3n) is 2.85. The molecule has 0 bridgehead atoms. The molecule has 0 aliphatic carbocycles. The molecule has 0 saturated heterocycles. The minimum Gasteiger partial charge on any atom is -0.381 e. The molecule has 0 aliphatic rings. The Morgan fingerprint density at radius 2 is 1.95 bits per heavy atom. The molecular weight excluding hydrogens is 246 g/mol. The fraction of sp³-hybridized carbons (Fsp3) is 0.133. The summed E-state index contributed by atoms with van der Waals surface area (Å²) in [6.07, 6.45) is 0. The van der Waals surface area contributed by atoms with E-state index in [-0.39, 0.29) is 17.9 Å². The second kappa shape index (κ2) is 5.49. The van der Waals surface area contributed by atoms with Gasteiger partial charge in [0.15, 0.2) is 0 Å². The number of nitrogens with zero attached hydrogens (tertiary/aromatic N) is 1. The molecule has 0 heterocycles. The third kappa shape index (κ3) is 3.08. The first kappa shape index (κ1) is 13.0. The van der Waals surface area contributed by atoms with Crippen LogP contribution in [0.4, 0.5) is 14.5 Å². The first-order valence-corrected chi connectivity index (χ1v) is 5.78. The van der Waals surface area contributed by atoms with Crippen molar-refractivity contribution in [2.45, 2.75) is 13.5 Å². The molecule has 4 heteroatoms. The summed E-state index contributed by atoms with van der Waals surface area (Å²) in [4.78, 5) is 0. The highest BCUT2D eigenvalue weighted by Crippen LogP contribution is 2.18. The van der Waals surface area contributed by atoms with Gasteiger partial charge in [-0.15, -0.1) is 0 Å². The predicted molar refractivity (Wildman–Crippen MR) is 69.6 cm³/mol. The summed E-state index contributed by atoms with van der Waals surface area (Å²) in [6.45, 7) is 2.08. The molecule has 0 unspecified atom stereocenters. The van der Waals surface area contributed by atoms with E-state index in [0.717, 1.165) is 5.56 Å². The van der Waals surface area contributed by atoms with Crippen molar-refractivity contribution in [2.24, 2.45) is 0 Å². The molecule has 2 nitrogen and oxygen atoms in total. The van der Waals surface area contributed by atoms with Crippen LogP contribution in [0.1, 0.15) is 16.7 Å². The minimum absolute atomic E-state index is 0.238. The van der Waals surface area contributed by atoms with Gasteiger partial charge in [0.1, 0.15) is 11.6 Å². The van der Waals surface area contributed by atoms with E-state index in [2.05, 4.69) is 5.32 Å². The molecule has 0 fully saturated rings. The van der Waals surface area contributed by atoms with Gasteiger partial charge in [-0.25, -0.2) is 8.78 Å². The highest BCUT2D eigenvalue weighted by molar-refractivity contribution is 5.51. The number of benzene rings is 2. The average molecular weight is 258 g/mol. The Morgan fingerprint density at radius 1 is 1.16 bits per heavy atom. The molecule has 1 N–H and O–H groups in total. The summed E-state index contributed by atoms with van der Waals surface area (Å²) in [7, 11) is 0. The largest absolute Gasteiger partial charge is 0.381 e. The maximum absolute atomic E-state index is 13.7. The number of hydrogen-bond acceptors (Lipinski definition) is 2. The summed E-state index contributed by atoms with van der Waals surface area (Å²) in [6, 6.07) is 10.6. The van der Waals surface area contributed by atoms with E-state index >= 15 is 0 Å². The maximum Gasteiger partial charge on any atom is 0.129 e. The van der Waals surface area contributed by atoms with Crippen molar-refractivity contribution in [1.29, 1.82) is 5.26 Å². The van der Waals surface area contributed by atoms with E-state index in [4.69, 9.17) is 5.26 Å². The number of nitrogens with one attached hydrogen (secondary N) is 1. The van der Waals surface area contributed by atoms with Gasteiger partial charge in [0.25, 0.3) is 0 Å². The lowest BCUT2D eigenvalue weighted by molar-refractivity contribution is 0.612. The highest BCUT2D eigenvalue weighted by atomic mass is 19.1. The molecule has 2 aromatic carbocycles. The molecule has 0 spiro atoms. The van der Waals surface area contributed by atoms with Gasteiger partial charge in [-0.05, 0) is 36.8 Å². The number of hydrogen-bond donors (Lipinski definition) is 1. The molecule has 0 aromatic heterocycles. The fourth-order valence-corrected chi connectivity index (χ4v) is 1.74. The molecule has 2 aromatic rings. The standard InChI is InChI=1S/C15H12F2N2/c1-10-2-5-13(16)7-15(10)19-9-12-4-3-11(8-18)6-14(12)17/h2-7,19H,9H2,1H3. The van der Waals surface area contributed by atoms with Crippen LogP contribution in [0.2, 0.25) is 0 Å². The van der Waals surface area contributed by atoms with Crippen LogP contribution in [0.25, 0.3) is 0 Å². The normalized spacial score (nSPS) is 10.0. The first-order chi connectivity index (χ1) is 9.10. The number of anilines is 1. The zero-order valence-electron chi connectivity index (χ0n) is 10.4. The van der Waals surface area contributed by atoms with Gasteiger partial charge < -0.3 is 5.32 Å². The third-order valence-corrected chi connectivity index (χ3v) is 2.85. The Balaban J connectivity index is 2.15. The van der Waals surface area contributed by atoms with Gasteiger partial charge in [0, 0.05) is 17.8 Å². The smallest absolute Gasteiger partial charge is 0.129 e. The molecule has 2 rings (SSSR count). The predicted octanol–water partition coefficient (Wildman–Crippen LogP) is 3.76. The topological polar surface area (TPSA) is 35.8 Å². The summed E-state index contributed by atoms with van der Waals surface area (Å²) < 4.78 is 26.8. The van der Waals surface area contributed by atoms with Gasteiger partial charge in [-0.2, -0.15) is 5.26 Å². The first-order valence-electron chi connectivity index (χ1n) is 5.78. The second-order valence-electron chi connectivity index (χ2n) is 4.23. The fourth-order valence-electron chi connectivity index (χ4n) is 1.74. The zero-order chi connectivity index (χ0) is 13.8. The Labute approximate surface area is 110 Å². The number of aryl methyl sites for hydroxylation is 1. The Kier molecular flexibility index (Phi) is 3.76.